The maximum atomic E-state index is 10.1. The highest BCUT2D eigenvalue weighted by molar-refractivity contribution is 4.81. The number of likely N-dealkylation sites (tertiary alicyclic amines) is 1. The average Bonchev–Trinajstić information content (AvgIpc) is 2.45. The van der Waals surface area contributed by atoms with Gasteiger partial charge in [-0.1, -0.05) is 32.6 Å². The number of hydrogen-bond donors (Lipinski definition) is 1. The van der Waals surface area contributed by atoms with Crippen molar-refractivity contribution in [3.63, 3.8) is 0 Å². The topological polar surface area (TPSA) is 23.5 Å². The first-order valence-electron chi connectivity index (χ1n) is 7.51. The molecule has 2 nitrogen and oxygen atoms in total. The van der Waals surface area contributed by atoms with Crippen LogP contribution in [0, 0.1) is 0 Å². The summed E-state index contributed by atoms with van der Waals surface area (Å²) in [5.41, 5.74) is -0.420. The molecule has 1 rings (SSSR count). The highest BCUT2D eigenvalue weighted by Crippen LogP contribution is 2.23. The fourth-order valence-electron chi connectivity index (χ4n) is 2.77. The second-order valence-corrected chi connectivity index (χ2v) is 6.08. The molecule has 1 saturated heterocycles. The standard InChI is InChI=1S/C15H31NO/c1-4-5-6-7-9-14(2)16-12-8-10-15(3,17)11-13-16/h14,17H,4-13H2,1-3H3. The van der Waals surface area contributed by atoms with Gasteiger partial charge in [0.1, 0.15) is 0 Å². The third kappa shape index (κ3) is 5.87. The van der Waals surface area contributed by atoms with Gasteiger partial charge in [0.2, 0.25) is 0 Å². The smallest absolute Gasteiger partial charge is 0.0632 e. The summed E-state index contributed by atoms with van der Waals surface area (Å²) < 4.78 is 0. The molecular weight excluding hydrogens is 210 g/mol. The van der Waals surface area contributed by atoms with Crippen LogP contribution < -0.4 is 0 Å². The van der Waals surface area contributed by atoms with Gasteiger partial charge in [-0.15, -0.1) is 0 Å². The van der Waals surface area contributed by atoms with E-state index in [0.29, 0.717) is 6.04 Å². The molecule has 1 fully saturated rings. The van der Waals surface area contributed by atoms with Crippen LogP contribution in [0.4, 0.5) is 0 Å². The highest BCUT2D eigenvalue weighted by Gasteiger charge is 2.26. The minimum atomic E-state index is -0.420. The molecule has 17 heavy (non-hydrogen) atoms. The predicted octanol–water partition coefficient (Wildman–Crippen LogP) is 3.58. The fraction of sp³-hybridized carbons (Fsp3) is 1.00. The Bertz CT molecular complexity index is 203. The lowest BCUT2D eigenvalue weighted by Gasteiger charge is -2.28. The van der Waals surface area contributed by atoms with Crippen LogP contribution in [0.5, 0.6) is 0 Å². The third-order valence-corrected chi connectivity index (χ3v) is 4.20. The molecule has 0 radical (unpaired) electrons. The van der Waals surface area contributed by atoms with E-state index in [2.05, 4.69) is 18.7 Å². The first-order valence-corrected chi connectivity index (χ1v) is 7.51. The van der Waals surface area contributed by atoms with E-state index in [0.717, 1.165) is 25.8 Å². The number of rotatable bonds is 6. The molecule has 0 amide bonds. The molecule has 0 bridgehead atoms. The predicted molar refractivity (Wildman–Crippen MR) is 74.3 cm³/mol. The number of unbranched alkanes of at least 4 members (excludes halogenated alkanes) is 3. The molecule has 0 aromatic carbocycles. The molecule has 2 unspecified atom stereocenters. The van der Waals surface area contributed by atoms with Crippen molar-refractivity contribution in [1.82, 2.24) is 4.90 Å². The Kier molecular flexibility index (Phi) is 6.50. The molecule has 1 N–H and O–H groups in total. The van der Waals surface area contributed by atoms with Crippen molar-refractivity contribution in [3.8, 4) is 0 Å². The fourth-order valence-corrected chi connectivity index (χ4v) is 2.77. The van der Waals surface area contributed by atoms with Crippen LogP contribution in [0.25, 0.3) is 0 Å². The summed E-state index contributed by atoms with van der Waals surface area (Å²) in [5.74, 6) is 0. The van der Waals surface area contributed by atoms with Crippen molar-refractivity contribution in [2.75, 3.05) is 13.1 Å². The molecule has 0 spiro atoms. The summed E-state index contributed by atoms with van der Waals surface area (Å²) in [6.07, 6.45) is 9.81. The van der Waals surface area contributed by atoms with E-state index in [9.17, 15) is 5.11 Å². The Labute approximate surface area is 107 Å². The molecule has 0 aromatic rings. The number of aliphatic hydroxyl groups is 1. The monoisotopic (exact) mass is 241 g/mol. The van der Waals surface area contributed by atoms with Gasteiger partial charge < -0.3 is 10.0 Å². The van der Waals surface area contributed by atoms with Gasteiger partial charge in [-0.2, -0.15) is 0 Å². The van der Waals surface area contributed by atoms with Gasteiger partial charge in [-0.3, -0.25) is 0 Å². The molecule has 102 valence electrons. The Morgan fingerprint density at radius 2 is 1.94 bits per heavy atom. The zero-order valence-electron chi connectivity index (χ0n) is 12.0. The van der Waals surface area contributed by atoms with Crippen LogP contribution >= 0.6 is 0 Å². The van der Waals surface area contributed by atoms with Crippen molar-refractivity contribution in [2.24, 2.45) is 0 Å². The van der Waals surface area contributed by atoms with E-state index >= 15 is 0 Å². The van der Waals surface area contributed by atoms with Crippen molar-refractivity contribution in [1.29, 1.82) is 0 Å². The van der Waals surface area contributed by atoms with E-state index in [1.807, 2.05) is 6.92 Å². The van der Waals surface area contributed by atoms with Gasteiger partial charge in [0.25, 0.3) is 0 Å². The Morgan fingerprint density at radius 3 is 2.65 bits per heavy atom. The average molecular weight is 241 g/mol. The molecule has 1 heterocycles. The lowest BCUT2D eigenvalue weighted by atomic mass is 9.98. The first-order chi connectivity index (χ1) is 8.05. The van der Waals surface area contributed by atoms with E-state index in [1.165, 1.54) is 38.6 Å². The van der Waals surface area contributed by atoms with Gasteiger partial charge in [-0.25, -0.2) is 0 Å². The zero-order valence-corrected chi connectivity index (χ0v) is 12.0. The molecule has 1 aliphatic rings. The maximum Gasteiger partial charge on any atom is 0.0632 e. The van der Waals surface area contributed by atoms with Crippen LogP contribution in [0.2, 0.25) is 0 Å². The normalized spacial score (nSPS) is 28.9. The van der Waals surface area contributed by atoms with Gasteiger partial charge in [0, 0.05) is 12.6 Å². The van der Waals surface area contributed by atoms with E-state index in [-0.39, 0.29) is 0 Å². The summed E-state index contributed by atoms with van der Waals surface area (Å²) in [4.78, 5) is 2.58. The Balaban J connectivity index is 2.24. The van der Waals surface area contributed by atoms with Crippen LogP contribution in [-0.4, -0.2) is 34.7 Å². The molecule has 1 aliphatic heterocycles. The molecule has 2 heteroatoms. The largest absolute Gasteiger partial charge is 0.390 e. The summed E-state index contributed by atoms with van der Waals surface area (Å²) in [6.45, 7) is 8.85. The minimum absolute atomic E-state index is 0.420. The van der Waals surface area contributed by atoms with Crippen LogP contribution in [0.3, 0.4) is 0 Å². The van der Waals surface area contributed by atoms with Crippen molar-refractivity contribution in [2.45, 2.75) is 83.8 Å². The summed E-state index contributed by atoms with van der Waals surface area (Å²) >= 11 is 0. The SMILES string of the molecule is CCCCCCC(C)N1CCCC(C)(O)CC1. The molecule has 0 aliphatic carbocycles. The van der Waals surface area contributed by atoms with E-state index in [1.54, 1.807) is 0 Å². The van der Waals surface area contributed by atoms with Crippen molar-refractivity contribution >= 4 is 0 Å². The second-order valence-electron chi connectivity index (χ2n) is 6.08. The lowest BCUT2D eigenvalue weighted by molar-refractivity contribution is 0.0431. The van der Waals surface area contributed by atoms with Crippen LogP contribution in [0.1, 0.15) is 72.1 Å². The highest BCUT2D eigenvalue weighted by atomic mass is 16.3. The van der Waals surface area contributed by atoms with Gasteiger partial charge >= 0.3 is 0 Å². The van der Waals surface area contributed by atoms with Gasteiger partial charge in [0.05, 0.1) is 5.60 Å². The molecule has 0 saturated carbocycles. The third-order valence-electron chi connectivity index (χ3n) is 4.20. The van der Waals surface area contributed by atoms with Gasteiger partial charge in [0.15, 0.2) is 0 Å². The van der Waals surface area contributed by atoms with Gasteiger partial charge in [-0.05, 0) is 46.1 Å². The second kappa shape index (κ2) is 7.38. The first kappa shape index (κ1) is 15.0. The zero-order chi connectivity index (χ0) is 12.7. The number of hydrogen-bond acceptors (Lipinski definition) is 2. The van der Waals surface area contributed by atoms with E-state index < -0.39 is 5.60 Å². The summed E-state index contributed by atoms with van der Waals surface area (Å²) in [7, 11) is 0. The quantitative estimate of drug-likeness (QED) is 0.718. The Hall–Kier alpha value is -0.0800. The molecular formula is C15H31NO. The maximum absolute atomic E-state index is 10.1. The lowest BCUT2D eigenvalue weighted by Crippen LogP contribution is -2.35. The number of nitrogens with zero attached hydrogens (tertiary/aromatic N) is 1. The van der Waals surface area contributed by atoms with Crippen LogP contribution in [0.15, 0.2) is 0 Å². The summed E-state index contributed by atoms with van der Waals surface area (Å²) in [6, 6.07) is 0.695. The minimum Gasteiger partial charge on any atom is -0.390 e. The van der Waals surface area contributed by atoms with E-state index in [4.69, 9.17) is 0 Å². The Morgan fingerprint density at radius 1 is 1.18 bits per heavy atom. The van der Waals surface area contributed by atoms with Crippen molar-refractivity contribution < 1.29 is 5.11 Å². The summed E-state index contributed by atoms with van der Waals surface area (Å²) in [5, 5.41) is 10.1. The van der Waals surface area contributed by atoms with Crippen molar-refractivity contribution in [3.05, 3.63) is 0 Å². The molecule has 0 aromatic heterocycles. The van der Waals surface area contributed by atoms with Crippen LogP contribution in [-0.2, 0) is 0 Å². The molecule has 2 atom stereocenters.